The van der Waals surface area contributed by atoms with Gasteiger partial charge in [-0.25, -0.2) is 0 Å². The zero-order valence-electron chi connectivity index (χ0n) is 9.82. The lowest BCUT2D eigenvalue weighted by Gasteiger charge is -1.99. The van der Waals surface area contributed by atoms with E-state index in [9.17, 15) is 4.79 Å². The highest BCUT2D eigenvalue weighted by atomic mass is 32.2. The average molecular weight is 259 g/mol. The lowest BCUT2D eigenvalue weighted by molar-refractivity contribution is -0.116. The summed E-state index contributed by atoms with van der Waals surface area (Å²) in [4.78, 5) is 11.5. The van der Waals surface area contributed by atoms with Crippen LogP contribution in [0, 0.1) is 0 Å². The summed E-state index contributed by atoms with van der Waals surface area (Å²) in [6.07, 6.45) is 3.50. The molecule has 16 heavy (non-hydrogen) atoms. The Morgan fingerprint density at radius 1 is 1.50 bits per heavy atom. The fraction of sp³-hybridized carbons (Fsp3) is 0.700. The van der Waals surface area contributed by atoms with Crippen molar-refractivity contribution in [3.63, 3.8) is 0 Å². The van der Waals surface area contributed by atoms with E-state index in [2.05, 4.69) is 29.4 Å². The molecule has 1 heterocycles. The Hall–Kier alpha value is -0.620. The first-order chi connectivity index (χ1) is 7.63. The fourth-order valence-electron chi connectivity index (χ4n) is 1.08. The average Bonchev–Trinajstić information content (AvgIpc) is 2.66. The van der Waals surface area contributed by atoms with Crippen LogP contribution in [-0.2, 0) is 4.79 Å². The molecule has 1 rings (SSSR count). The highest BCUT2D eigenvalue weighted by Gasteiger charge is 2.09. The molecular formula is C10H17N3OS2. The molecule has 0 aromatic carbocycles. The van der Waals surface area contributed by atoms with Gasteiger partial charge in [-0.3, -0.25) is 4.79 Å². The van der Waals surface area contributed by atoms with Crippen molar-refractivity contribution >= 4 is 34.1 Å². The molecule has 0 saturated carbocycles. The highest BCUT2D eigenvalue weighted by molar-refractivity contribution is 7.98. The molecular weight excluding hydrogens is 242 g/mol. The van der Waals surface area contributed by atoms with Gasteiger partial charge in [-0.15, -0.1) is 10.2 Å². The SMILES string of the molecule is CSCCCC(=O)Nc1nnc(C(C)C)s1. The first-order valence-corrected chi connectivity index (χ1v) is 7.46. The third kappa shape index (κ3) is 4.49. The van der Waals surface area contributed by atoms with Crippen LogP contribution in [0.2, 0.25) is 0 Å². The van der Waals surface area contributed by atoms with Crippen LogP contribution in [0.3, 0.4) is 0 Å². The molecule has 0 aliphatic heterocycles. The van der Waals surface area contributed by atoms with Crippen molar-refractivity contribution in [2.24, 2.45) is 0 Å². The van der Waals surface area contributed by atoms with E-state index in [1.807, 2.05) is 6.26 Å². The number of hydrogen-bond acceptors (Lipinski definition) is 5. The van der Waals surface area contributed by atoms with Gasteiger partial charge >= 0.3 is 0 Å². The summed E-state index contributed by atoms with van der Waals surface area (Å²) in [5.74, 6) is 1.40. The Bertz CT molecular complexity index is 339. The van der Waals surface area contributed by atoms with Crippen LogP contribution in [0.5, 0.6) is 0 Å². The van der Waals surface area contributed by atoms with E-state index >= 15 is 0 Å². The zero-order chi connectivity index (χ0) is 12.0. The molecule has 1 amide bonds. The maximum absolute atomic E-state index is 11.5. The molecule has 4 nitrogen and oxygen atoms in total. The predicted molar refractivity (Wildman–Crippen MR) is 70.2 cm³/mol. The van der Waals surface area contributed by atoms with Gasteiger partial charge in [0, 0.05) is 12.3 Å². The van der Waals surface area contributed by atoms with E-state index < -0.39 is 0 Å². The maximum atomic E-state index is 11.5. The number of carbonyl (C=O) groups excluding carboxylic acids is 1. The quantitative estimate of drug-likeness (QED) is 0.798. The van der Waals surface area contributed by atoms with Crippen molar-refractivity contribution in [1.82, 2.24) is 10.2 Å². The predicted octanol–water partition coefficient (Wildman–Crippen LogP) is 2.74. The van der Waals surface area contributed by atoms with Crippen molar-refractivity contribution in [3.05, 3.63) is 5.01 Å². The largest absolute Gasteiger partial charge is 0.301 e. The second-order valence-electron chi connectivity index (χ2n) is 3.74. The minimum Gasteiger partial charge on any atom is -0.301 e. The lowest BCUT2D eigenvalue weighted by Crippen LogP contribution is -2.11. The Kier molecular flexibility index (Phi) is 5.76. The van der Waals surface area contributed by atoms with Gasteiger partial charge in [0.15, 0.2) is 0 Å². The zero-order valence-corrected chi connectivity index (χ0v) is 11.5. The molecule has 0 fully saturated rings. The third-order valence-corrected chi connectivity index (χ3v) is 3.77. The second-order valence-corrected chi connectivity index (χ2v) is 5.74. The summed E-state index contributed by atoms with van der Waals surface area (Å²) in [6.45, 7) is 4.12. The van der Waals surface area contributed by atoms with Crippen molar-refractivity contribution in [2.75, 3.05) is 17.3 Å². The van der Waals surface area contributed by atoms with Crippen LogP contribution in [0.4, 0.5) is 5.13 Å². The monoisotopic (exact) mass is 259 g/mol. The minimum atomic E-state index is 0.0282. The molecule has 0 radical (unpaired) electrons. The van der Waals surface area contributed by atoms with Crippen molar-refractivity contribution in [3.8, 4) is 0 Å². The molecule has 0 unspecified atom stereocenters. The number of amides is 1. The number of aromatic nitrogens is 2. The third-order valence-electron chi connectivity index (χ3n) is 1.93. The van der Waals surface area contributed by atoms with E-state index in [-0.39, 0.29) is 5.91 Å². The highest BCUT2D eigenvalue weighted by Crippen LogP contribution is 2.22. The van der Waals surface area contributed by atoms with Crippen LogP contribution in [-0.4, -0.2) is 28.1 Å². The topological polar surface area (TPSA) is 54.9 Å². The molecule has 1 aromatic rings. The van der Waals surface area contributed by atoms with E-state index in [0.29, 0.717) is 17.5 Å². The molecule has 6 heteroatoms. The van der Waals surface area contributed by atoms with Crippen LogP contribution >= 0.6 is 23.1 Å². The fourth-order valence-corrected chi connectivity index (χ4v) is 2.27. The van der Waals surface area contributed by atoms with Gasteiger partial charge in [-0.1, -0.05) is 25.2 Å². The van der Waals surface area contributed by atoms with Gasteiger partial charge in [-0.2, -0.15) is 11.8 Å². The smallest absolute Gasteiger partial charge is 0.226 e. The summed E-state index contributed by atoms with van der Waals surface area (Å²) < 4.78 is 0. The summed E-state index contributed by atoms with van der Waals surface area (Å²) in [5.41, 5.74) is 0. The molecule has 1 N–H and O–H groups in total. The standard InChI is InChI=1S/C10H17N3OS2/c1-7(2)9-12-13-10(16-9)11-8(14)5-4-6-15-3/h7H,4-6H2,1-3H3,(H,11,13,14). The Morgan fingerprint density at radius 2 is 2.25 bits per heavy atom. The Morgan fingerprint density at radius 3 is 2.81 bits per heavy atom. The number of nitrogens with zero attached hydrogens (tertiary/aromatic N) is 2. The Balaban J connectivity index is 2.37. The molecule has 1 aromatic heterocycles. The van der Waals surface area contributed by atoms with Crippen LogP contribution in [0.1, 0.15) is 37.6 Å². The summed E-state index contributed by atoms with van der Waals surface area (Å²) in [7, 11) is 0. The van der Waals surface area contributed by atoms with Gasteiger partial charge < -0.3 is 5.32 Å². The Labute approximate surface area is 104 Å². The van der Waals surface area contributed by atoms with Gasteiger partial charge in [-0.05, 0) is 18.4 Å². The van der Waals surface area contributed by atoms with E-state index in [1.165, 1.54) is 11.3 Å². The maximum Gasteiger partial charge on any atom is 0.226 e. The lowest BCUT2D eigenvalue weighted by atomic mass is 10.2. The van der Waals surface area contributed by atoms with Gasteiger partial charge in [0.25, 0.3) is 0 Å². The molecule has 0 spiro atoms. The first kappa shape index (κ1) is 13.4. The summed E-state index contributed by atoms with van der Waals surface area (Å²) in [6, 6.07) is 0. The van der Waals surface area contributed by atoms with E-state index in [1.54, 1.807) is 11.8 Å². The van der Waals surface area contributed by atoms with Crippen molar-refractivity contribution < 1.29 is 4.79 Å². The molecule has 0 atom stereocenters. The molecule has 0 aliphatic rings. The van der Waals surface area contributed by atoms with Crippen LogP contribution in [0.15, 0.2) is 0 Å². The second kappa shape index (κ2) is 6.85. The number of rotatable bonds is 6. The number of nitrogens with one attached hydrogen (secondary N) is 1. The molecule has 0 saturated heterocycles. The normalized spacial score (nSPS) is 10.8. The van der Waals surface area contributed by atoms with Crippen LogP contribution < -0.4 is 5.32 Å². The molecule has 90 valence electrons. The minimum absolute atomic E-state index is 0.0282. The number of thioether (sulfide) groups is 1. The van der Waals surface area contributed by atoms with Crippen LogP contribution in [0.25, 0.3) is 0 Å². The number of carbonyl (C=O) groups is 1. The van der Waals surface area contributed by atoms with Crippen molar-refractivity contribution in [1.29, 1.82) is 0 Å². The first-order valence-electron chi connectivity index (χ1n) is 5.25. The van der Waals surface area contributed by atoms with Gasteiger partial charge in [0.05, 0.1) is 0 Å². The van der Waals surface area contributed by atoms with E-state index in [0.717, 1.165) is 17.2 Å². The summed E-state index contributed by atoms with van der Waals surface area (Å²) >= 11 is 3.20. The number of anilines is 1. The molecule has 0 bridgehead atoms. The van der Waals surface area contributed by atoms with Gasteiger partial charge in [0.2, 0.25) is 11.0 Å². The van der Waals surface area contributed by atoms with Crippen molar-refractivity contribution in [2.45, 2.75) is 32.6 Å². The van der Waals surface area contributed by atoms with E-state index in [4.69, 9.17) is 0 Å². The summed E-state index contributed by atoms with van der Waals surface area (Å²) in [5, 5.41) is 12.3. The van der Waals surface area contributed by atoms with Gasteiger partial charge in [0.1, 0.15) is 5.01 Å². The molecule has 0 aliphatic carbocycles. The number of hydrogen-bond donors (Lipinski definition) is 1.